The Bertz CT molecular complexity index is 7970. The zero-order valence-electron chi connectivity index (χ0n) is 61.0. The maximum atomic E-state index is 6.07. The molecular formula is C104H65ClN8. The molecule has 0 aliphatic carbocycles. The van der Waals surface area contributed by atoms with Crippen LogP contribution in [0.1, 0.15) is 0 Å². The number of benzene rings is 18. The summed E-state index contributed by atoms with van der Waals surface area (Å²) in [5.74, 6) is 0.657. The van der Waals surface area contributed by atoms with Gasteiger partial charge in [-0.05, 0) is 163 Å². The van der Waals surface area contributed by atoms with Gasteiger partial charge < -0.3 is 14.1 Å². The molecular weight excluding hydrogens is 1400 g/mol. The lowest BCUT2D eigenvalue weighted by molar-refractivity contribution is 1.02. The predicted octanol–water partition coefficient (Wildman–Crippen LogP) is 27.8. The van der Waals surface area contributed by atoms with Gasteiger partial charge in [0.05, 0.1) is 61.0 Å². The summed E-state index contributed by atoms with van der Waals surface area (Å²) in [5.41, 5.74) is 22.3. The number of aromatic nitrogens is 8. The van der Waals surface area contributed by atoms with E-state index >= 15 is 0 Å². The minimum Gasteiger partial charge on any atom is -0.354 e. The number of rotatable bonds is 7. The molecule has 113 heavy (non-hydrogen) atoms. The van der Waals surface area contributed by atoms with E-state index in [0.717, 1.165) is 71.8 Å². The number of halogens is 1. The van der Waals surface area contributed by atoms with Gasteiger partial charge in [-0.25, -0.2) is 19.9 Å². The molecule has 0 amide bonds. The number of nitrogens with one attached hydrogen (secondary N) is 1. The Labute approximate surface area is 653 Å². The van der Waals surface area contributed by atoms with E-state index in [-0.39, 0.29) is 5.28 Å². The first-order valence-electron chi connectivity index (χ1n) is 38.2. The quantitative estimate of drug-likeness (QED) is 0.161. The van der Waals surface area contributed by atoms with Crippen molar-refractivity contribution in [3.8, 4) is 62.1 Å². The van der Waals surface area contributed by atoms with E-state index < -0.39 is 0 Å². The molecule has 8 nitrogen and oxygen atoms in total. The highest BCUT2D eigenvalue weighted by molar-refractivity contribution is 6.29. The van der Waals surface area contributed by atoms with Crippen molar-refractivity contribution in [2.75, 3.05) is 0 Å². The van der Waals surface area contributed by atoms with Gasteiger partial charge in [-0.2, -0.15) is 0 Å². The normalized spacial score (nSPS) is 11.8. The van der Waals surface area contributed by atoms with Crippen molar-refractivity contribution in [3.05, 3.63) is 394 Å². The number of H-pyrrole nitrogens is 1. The highest BCUT2D eigenvalue weighted by Crippen LogP contribution is 2.46. The van der Waals surface area contributed by atoms with Gasteiger partial charge in [0.1, 0.15) is 0 Å². The van der Waals surface area contributed by atoms with Crippen LogP contribution in [0, 0.1) is 0 Å². The number of aromatic amines is 1. The van der Waals surface area contributed by atoms with Gasteiger partial charge in [-0.1, -0.05) is 291 Å². The molecule has 0 spiro atoms. The summed E-state index contributed by atoms with van der Waals surface area (Å²) in [6, 6.07) is 138. The van der Waals surface area contributed by atoms with Gasteiger partial charge in [-0.15, -0.1) is 0 Å². The van der Waals surface area contributed by atoms with Crippen LogP contribution < -0.4 is 0 Å². The number of fused-ring (bicyclic) bond motifs is 20. The van der Waals surface area contributed by atoms with E-state index in [1.165, 1.54) is 136 Å². The SMILES string of the molecule is Clc1nc(-c2ccc3ccccc3c2)c2ccccc2n1.c1ccc(-n2c3ccccc3c3ccc(-c4cc5c6ccccc6[nH]c5c5ccccc45)cc32)cc1.c1ccc(-n2c3ccccc3c3ccc(-c4cc5c6ccccc6n(-c6nc(-c7ccc8ccccc8c7)c7ccccc7n6)c5c5ccccc45)cc32)cc1. The van der Waals surface area contributed by atoms with Crippen molar-refractivity contribution in [2.45, 2.75) is 0 Å². The highest BCUT2D eigenvalue weighted by atomic mass is 35.5. The molecule has 24 aromatic rings. The second-order valence-electron chi connectivity index (χ2n) is 29.0. The van der Waals surface area contributed by atoms with Crippen LogP contribution >= 0.6 is 11.6 Å². The molecule has 0 bridgehead atoms. The molecule has 24 rings (SSSR count). The van der Waals surface area contributed by atoms with E-state index in [2.05, 4.69) is 381 Å². The second-order valence-corrected chi connectivity index (χ2v) is 29.3. The summed E-state index contributed by atoms with van der Waals surface area (Å²) < 4.78 is 7.07. The Morgan fingerprint density at radius 3 is 1.18 bits per heavy atom. The largest absolute Gasteiger partial charge is 0.354 e. The van der Waals surface area contributed by atoms with Gasteiger partial charge in [-0.3, -0.25) is 4.57 Å². The van der Waals surface area contributed by atoms with E-state index in [1.807, 2.05) is 36.4 Å². The number of para-hydroxylation sites is 8. The van der Waals surface area contributed by atoms with E-state index in [1.54, 1.807) is 0 Å². The molecule has 0 aliphatic rings. The first kappa shape index (κ1) is 65.3. The van der Waals surface area contributed by atoms with Crippen molar-refractivity contribution >= 4 is 164 Å². The van der Waals surface area contributed by atoms with Gasteiger partial charge in [0.2, 0.25) is 11.2 Å². The molecule has 0 fully saturated rings. The van der Waals surface area contributed by atoms with Gasteiger partial charge in [0, 0.05) is 92.7 Å². The minimum absolute atomic E-state index is 0.275. The maximum absolute atomic E-state index is 6.07. The summed E-state index contributed by atoms with van der Waals surface area (Å²) in [6.45, 7) is 0. The van der Waals surface area contributed by atoms with E-state index in [9.17, 15) is 0 Å². The Hall–Kier alpha value is -14.8. The van der Waals surface area contributed by atoms with Gasteiger partial charge >= 0.3 is 0 Å². The number of nitrogens with zero attached hydrogens (tertiary/aromatic N) is 7. The Balaban J connectivity index is 0.000000116. The fourth-order valence-corrected chi connectivity index (χ4v) is 17.7. The molecule has 0 radical (unpaired) electrons. The molecule has 0 unspecified atom stereocenters. The third-order valence-corrected chi connectivity index (χ3v) is 22.8. The topological polar surface area (TPSA) is 82.1 Å². The highest BCUT2D eigenvalue weighted by Gasteiger charge is 2.24. The average molecular weight is 1460 g/mol. The van der Waals surface area contributed by atoms with Gasteiger partial charge in [0.15, 0.2) is 0 Å². The smallest absolute Gasteiger partial charge is 0.235 e. The van der Waals surface area contributed by atoms with Crippen molar-refractivity contribution < 1.29 is 0 Å². The number of hydrogen-bond acceptors (Lipinski definition) is 4. The molecule has 6 aromatic heterocycles. The summed E-state index contributed by atoms with van der Waals surface area (Å²) >= 11 is 6.07. The van der Waals surface area contributed by atoms with Crippen LogP contribution in [0.5, 0.6) is 0 Å². The van der Waals surface area contributed by atoms with Crippen LogP contribution in [0.25, 0.3) is 214 Å². The monoisotopic (exact) mass is 1460 g/mol. The van der Waals surface area contributed by atoms with Crippen molar-refractivity contribution in [1.29, 1.82) is 0 Å². The molecule has 0 saturated carbocycles. The Morgan fingerprint density at radius 1 is 0.230 bits per heavy atom. The molecule has 0 saturated heterocycles. The first-order valence-corrected chi connectivity index (χ1v) is 38.6. The molecule has 18 aromatic carbocycles. The fraction of sp³-hybridized carbons (Fsp3) is 0. The van der Waals surface area contributed by atoms with E-state index in [4.69, 9.17) is 21.6 Å². The fourth-order valence-electron chi connectivity index (χ4n) is 17.5. The zero-order valence-corrected chi connectivity index (χ0v) is 61.7. The third kappa shape index (κ3) is 11.0. The van der Waals surface area contributed by atoms with Crippen molar-refractivity contribution in [2.24, 2.45) is 0 Å². The Kier molecular flexibility index (Phi) is 15.5. The minimum atomic E-state index is 0.275. The first-order chi connectivity index (χ1) is 56.0. The molecule has 0 atom stereocenters. The lowest BCUT2D eigenvalue weighted by Gasteiger charge is -2.14. The van der Waals surface area contributed by atoms with E-state index in [0.29, 0.717) is 5.95 Å². The standard InChI is InChI=1S/C52H32N4.C34H22N2.C18H11ClN2/c1-2-16-37(17-3-1)55-47-24-12-9-19-39(47)41-29-28-35(31-49(41)55)44-32-45-40-20-10-13-25-48(40)56(51(45)42-21-7-6-18-38(42)44)52-53-46-23-11-8-22-43(46)50(54-52)36-27-26-33-14-4-5-15-34(33)30-36;1-2-10-23(11-3-1)36-32-17-9-7-14-26(32)27-19-18-22(20-33(27)36)29-21-30-25-13-6-8-16-31(25)35-34(30)28-15-5-4-12-24(28)29;19-18-20-16-8-4-3-7-15(16)17(21-18)14-10-9-12-5-1-2-6-13(12)11-14/h1-32H;1-21,35H;1-11H. The predicted molar refractivity (Wildman–Crippen MR) is 475 cm³/mol. The summed E-state index contributed by atoms with van der Waals surface area (Å²) in [7, 11) is 0. The lowest BCUT2D eigenvalue weighted by Crippen LogP contribution is -2.04. The Morgan fingerprint density at radius 2 is 0.619 bits per heavy atom. The third-order valence-electron chi connectivity index (χ3n) is 22.6. The van der Waals surface area contributed by atoms with Crippen LogP contribution in [-0.2, 0) is 0 Å². The van der Waals surface area contributed by atoms with Crippen LogP contribution in [0.3, 0.4) is 0 Å². The van der Waals surface area contributed by atoms with Crippen molar-refractivity contribution in [3.63, 3.8) is 0 Å². The van der Waals surface area contributed by atoms with Crippen LogP contribution in [0.4, 0.5) is 0 Å². The average Bonchev–Trinajstić information content (AvgIpc) is 1.57. The molecule has 528 valence electrons. The second kappa shape index (κ2) is 26.8. The summed E-state index contributed by atoms with van der Waals surface area (Å²) in [4.78, 5) is 23.1. The van der Waals surface area contributed by atoms with Crippen LogP contribution in [0.15, 0.2) is 388 Å². The maximum Gasteiger partial charge on any atom is 0.235 e. The number of hydrogen-bond donors (Lipinski definition) is 1. The zero-order chi connectivity index (χ0) is 74.6. The van der Waals surface area contributed by atoms with Gasteiger partial charge in [0.25, 0.3) is 0 Å². The molecule has 1 N–H and O–H groups in total. The van der Waals surface area contributed by atoms with Crippen molar-refractivity contribution in [1.82, 2.24) is 38.6 Å². The van der Waals surface area contributed by atoms with Crippen LogP contribution in [0.2, 0.25) is 5.28 Å². The summed E-state index contributed by atoms with van der Waals surface area (Å²) in [6.07, 6.45) is 0. The summed E-state index contributed by atoms with van der Waals surface area (Å²) in [5, 5.41) is 21.9. The molecule has 9 heteroatoms. The van der Waals surface area contributed by atoms with Crippen LogP contribution in [-0.4, -0.2) is 38.6 Å². The molecule has 0 aliphatic heterocycles. The lowest BCUT2D eigenvalue weighted by atomic mass is 9.94. The molecule has 6 heterocycles.